The number of hydrogen-bond donors (Lipinski definition) is 2. The number of carboxylic acids is 1. The van der Waals surface area contributed by atoms with Gasteiger partial charge in [0, 0.05) is 0 Å². The molecule has 1 aromatic carbocycles. The molecule has 0 aliphatic rings. The molecule has 4 nitrogen and oxygen atoms in total. The lowest BCUT2D eigenvalue weighted by atomic mass is 10.0. The van der Waals surface area contributed by atoms with E-state index in [1.54, 1.807) is 6.07 Å². The smallest absolute Gasteiger partial charge is 0.307 e. The van der Waals surface area contributed by atoms with Gasteiger partial charge in [-0.25, -0.2) is 0 Å². The predicted octanol–water partition coefficient (Wildman–Crippen LogP) is 1.45. The second-order valence-electron chi connectivity index (χ2n) is 3.19. The van der Waals surface area contributed by atoms with E-state index >= 15 is 0 Å². The highest BCUT2D eigenvalue weighted by molar-refractivity contribution is 5.71. The zero-order valence-electron chi connectivity index (χ0n) is 8.32. The van der Waals surface area contributed by atoms with Crippen molar-refractivity contribution >= 4 is 5.97 Å². The molecule has 78 valence electrons. The highest BCUT2D eigenvalue weighted by Crippen LogP contribution is 2.24. The molecule has 0 spiro atoms. The zero-order chi connectivity index (χ0) is 11.4. The third-order valence-electron chi connectivity index (χ3n) is 2.11. The van der Waals surface area contributed by atoms with E-state index in [0.717, 1.165) is 0 Å². The predicted molar refractivity (Wildman–Crippen MR) is 53.5 cm³/mol. The third-order valence-corrected chi connectivity index (χ3v) is 2.11. The Kier molecular flexibility index (Phi) is 3.29. The molecule has 0 aliphatic heterocycles. The van der Waals surface area contributed by atoms with Crippen molar-refractivity contribution in [3.8, 4) is 11.8 Å². The van der Waals surface area contributed by atoms with Crippen molar-refractivity contribution in [1.82, 2.24) is 0 Å². The summed E-state index contributed by atoms with van der Waals surface area (Å²) in [6.45, 7) is 1.83. The van der Waals surface area contributed by atoms with Gasteiger partial charge >= 0.3 is 5.97 Å². The topological polar surface area (TPSA) is 81.3 Å². The Bertz CT molecular complexity index is 432. The van der Waals surface area contributed by atoms with Crippen molar-refractivity contribution in [2.75, 3.05) is 0 Å². The number of benzene rings is 1. The molecule has 0 heterocycles. The number of phenolic OH excluding ortho intramolecular Hbond substituents is 1. The Morgan fingerprint density at radius 2 is 2.20 bits per heavy atom. The molecule has 0 fully saturated rings. The van der Waals surface area contributed by atoms with Crippen molar-refractivity contribution in [3.05, 3.63) is 28.8 Å². The number of hydrogen-bond acceptors (Lipinski definition) is 3. The molecule has 0 aliphatic carbocycles. The molecule has 2 N–H and O–H groups in total. The second-order valence-corrected chi connectivity index (χ2v) is 3.19. The van der Waals surface area contributed by atoms with Crippen LogP contribution >= 0.6 is 0 Å². The van der Waals surface area contributed by atoms with Gasteiger partial charge in [0.2, 0.25) is 0 Å². The van der Waals surface area contributed by atoms with Crippen LogP contribution in [0.4, 0.5) is 0 Å². The van der Waals surface area contributed by atoms with Gasteiger partial charge in [0.25, 0.3) is 0 Å². The fraction of sp³-hybridized carbons (Fsp3) is 0.273. The number of phenols is 1. The van der Waals surface area contributed by atoms with Crippen LogP contribution in [-0.4, -0.2) is 16.2 Å². The van der Waals surface area contributed by atoms with Gasteiger partial charge < -0.3 is 10.2 Å². The summed E-state index contributed by atoms with van der Waals surface area (Å²) in [4.78, 5) is 10.5. The maximum absolute atomic E-state index is 10.5. The largest absolute Gasteiger partial charge is 0.506 e. The van der Waals surface area contributed by atoms with Crippen LogP contribution in [0.1, 0.15) is 23.6 Å². The first-order chi connectivity index (χ1) is 7.08. The number of nitriles is 1. The Balaban J connectivity index is 3.22. The zero-order valence-corrected chi connectivity index (χ0v) is 8.32. The molecule has 0 aromatic heterocycles. The number of carbonyl (C=O) groups is 1. The summed E-state index contributed by atoms with van der Waals surface area (Å²) in [6, 6.07) is 4.86. The van der Waals surface area contributed by atoms with E-state index in [0.29, 0.717) is 17.5 Å². The third kappa shape index (κ3) is 2.47. The lowest BCUT2D eigenvalue weighted by Crippen LogP contribution is -2.01. The van der Waals surface area contributed by atoms with Crippen LogP contribution in [0.2, 0.25) is 0 Å². The highest BCUT2D eigenvalue weighted by Gasteiger charge is 2.10. The van der Waals surface area contributed by atoms with Crippen molar-refractivity contribution in [3.63, 3.8) is 0 Å². The Hall–Kier alpha value is -2.02. The Labute approximate surface area is 87.4 Å². The van der Waals surface area contributed by atoms with E-state index in [9.17, 15) is 9.90 Å². The van der Waals surface area contributed by atoms with Crippen LogP contribution in [0.3, 0.4) is 0 Å². The van der Waals surface area contributed by atoms with Crippen LogP contribution < -0.4 is 0 Å². The molecule has 0 amide bonds. The molecular formula is C11H11NO3. The summed E-state index contributed by atoms with van der Waals surface area (Å²) in [7, 11) is 0. The van der Waals surface area contributed by atoms with Gasteiger partial charge in [-0.3, -0.25) is 4.79 Å². The van der Waals surface area contributed by atoms with Crippen LogP contribution in [-0.2, 0) is 17.6 Å². The van der Waals surface area contributed by atoms with Gasteiger partial charge in [-0.1, -0.05) is 13.0 Å². The van der Waals surface area contributed by atoms with Gasteiger partial charge in [0.05, 0.1) is 12.0 Å². The minimum atomic E-state index is -0.952. The van der Waals surface area contributed by atoms with E-state index in [-0.39, 0.29) is 17.7 Å². The molecule has 0 radical (unpaired) electrons. The van der Waals surface area contributed by atoms with Crippen molar-refractivity contribution < 1.29 is 15.0 Å². The fourth-order valence-electron chi connectivity index (χ4n) is 1.39. The molecule has 4 heteroatoms. The molecule has 0 bridgehead atoms. The second kappa shape index (κ2) is 4.47. The molecule has 1 rings (SSSR count). The Morgan fingerprint density at radius 1 is 1.53 bits per heavy atom. The molecule has 0 atom stereocenters. The molecule has 0 saturated carbocycles. The van der Waals surface area contributed by atoms with Gasteiger partial charge in [-0.15, -0.1) is 0 Å². The lowest BCUT2D eigenvalue weighted by molar-refractivity contribution is -0.136. The maximum atomic E-state index is 10.5. The normalized spacial score (nSPS) is 9.60. The first-order valence-electron chi connectivity index (χ1n) is 4.55. The van der Waals surface area contributed by atoms with E-state index < -0.39 is 5.97 Å². The summed E-state index contributed by atoms with van der Waals surface area (Å²) in [5.74, 6) is -0.999. The number of rotatable bonds is 3. The molecular weight excluding hydrogens is 194 g/mol. The number of aromatic hydroxyl groups is 1. The first kappa shape index (κ1) is 11.1. The summed E-state index contributed by atoms with van der Waals surface area (Å²) in [5.41, 5.74) is 1.27. The van der Waals surface area contributed by atoms with Crippen molar-refractivity contribution in [1.29, 1.82) is 5.26 Å². The van der Waals surface area contributed by atoms with Crippen molar-refractivity contribution in [2.45, 2.75) is 19.8 Å². The number of aliphatic carboxylic acids is 1. The van der Waals surface area contributed by atoms with Crippen LogP contribution in [0.25, 0.3) is 0 Å². The maximum Gasteiger partial charge on any atom is 0.307 e. The Morgan fingerprint density at radius 3 is 2.67 bits per heavy atom. The van der Waals surface area contributed by atoms with E-state index in [1.165, 1.54) is 6.07 Å². The number of nitrogens with zero attached hydrogens (tertiary/aromatic N) is 1. The number of carboxylic acid groups (broad SMARTS) is 1. The number of aryl methyl sites for hydroxylation is 1. The monoisotopic (exact) mass is 205 g/mol. The molecule has 0 unspecified atom stereocenters. The highest BCUT2D eigenvalue weighted by atomic mass is 16.4. The van der Waals surface area contributed by atoms with Gasteiger partial charge in [0.15, 0.2) is 0 Å². The van der Waals surface area contributed by atoms with Gasteiger partial charge in [-0.05, 0) is 23.6 Å². The van der Waals surface area contributed by atoms with E-state index in [1.807, 2.05) is 13.0 Å². The minimum Gasteiger partial charge on any atom is -0.506 e. The summed E-state index contributed by atoms with van der Waals surface area (Å²) in [5, 5.41) is 26.9. The van der Waals surface area contributed by atoms with Crippen LogP contribution in [0, 0.1) is 11.3 Å². The standard InChI is InChI=1S/C11H11NO3/c1-2-8-3-7(5-10(13)14)4-9(6-12)11(8)15/h3-4,15H,2,5H2,1H3,(H,13,14). The summed E-state index contributed by atoms with van der Waals surface area (Å²) in [6.07, 6.45) is 0.427. The average molecular weight is 205 g/mol. The van der Waals surface area contributed by atoms with E-state index in [4.69, 9.17) is 10.4 Å². The van der Waals surface area contributed by atoms with Crippen LogP contribution in [0.15, 0.2) is 12.1 Å². The van der Waals surface area contributed by atoms with Gasteiger partial charge in [-0.2, -0.15) is 5.26 Å². The fourth-order valence-corrected chi connectivity index (χ4v) is 1.39. The minimum absolute atomic E-state index is 0.0471. The summed E-state index contributed by atoms with van der Waals surface area (Å²) < 4.78 is 0. The lowest BCUT2D eigenvalue weighted by Gasteiger charge is -2.06. The quantitative estimate of drug-likeness (QED) is 0.782. The van der Waals surface area contributed by atoms with E-state index in [2.05, 4.69) is 0 Å². The average Bonchev–Trinajstić information content (AvgIpc) is 2.19. The molecule has 1 aromatic rings. The molecule has 15 heavy (non-hydrogen) atoms. The summed E-state index contributed by atoms with van der Waals surface area (Å²) >= 11 is 0. The van der Waals surface area contributed by atoms with Gasteiger partial charge in [0.1, 0.15) is 11.8 Å². The van der Waals surface area contributed by atoms with Crippen molar-refractivity contribution in [2.24, 2.45) is 0 Å². The van der Waals surface area contributed by atoms with Crippen LogP contribution in [0.5, 0.6) is 5.75 Å². The molecule has 0 saturated heterocycles. The SMILES string of the molecule is CCc1cc(CC(=O)O)cc(C#N)c1O. The first-order valence-corrected chi connectivity index (χ1v) is 4.55.